The van der Waals surface area contributed by atoms with Gasteiger partial charge in [-0.1, -0.05) is 33.1 Å². The average molecular weight is 532 g/mol. The van der Waals surface area contributed by atoms with E-state index in [2.05, 4.69) is 50.4 Å². The Morgan fingerprint density at radius 1 is 0.946 bits per heavy atom. The second-order valence-corrected chi connectivity index (χ2v) is 15.1. The first kappa shape index (κ1) is 27.7. The minimum Gasteiger partial charge on any atom is -0.466 e. The Balaban J connectivity index is 1.32. The fraction of sp³-hybridized carbons (Fsp3) is 0.935. The standard InChI is InChI=1S/C31H53N3O2S/c1-7-36-26(35)30(4)16-10-15-29(3)23(30)14-18-31-19-25(28(2,20-31)17-13-24(29)31)33-27(37)32-21-11-8-9-12-22(21)34(5)6/h21-25H,7-20H2,1-6H3,(H2,32,33,37)/t21-,22-,23+,24+,25-,28-,29-,30-,31-/m1/s1. The molecule has 0 saturated heterocycles. The summed E-state index contributed by atoms with van der Waals surface area (Å²) < 4.78 is 5.66. The SMILES string of the molecule is CCOC(=O)[C@]1(C)CCC[C@@]2(C)[C@@H]3CC[C@]4(C)C[C@@]3(CC[C@@H]21)C[C@H]4NC(=S)N[C@@H]1CCCC[C@H]1N(C)C. The number of hydrogen-bond donors (Lipinski definition) is 2. The number of ether oxygens (including phenoxy) is 1. The van der Waals surface area contributed by atoms with Crippen molar-refractivity contribution in [3.05, 3.63) is 0 Å². The quantitative estimate of drug-likeness (QED) is 0.332. The predicted molar refractivity (Wildman–Crippen MR) is 154 cm³/mol. The van der Waals surface area contributed by atoms with Gasteiger partial charge in [0.05, 0.1) is 12.0 Å². The van der Waals surface area contributed by atoms with Crippen LogP contribution in [0, 0.1) is 33.5 Å². The van der Waals surface area contributed by atoms with Gasteiger partial charge in [-0.15, -0.1) is 0 Å². The smallest absolute Gasteiger partial charge is 0.312 e. The molecule has 2 N–H and O–H groups in total. The van der Waals surface area contributed by atoms with Crippen LogP contribution < -0.4 is 10.6 Å². The Morgan fingerprint density at radius 3 is 2.41 bits per heavy atom. The second kappa shape index (κ2) is 9.94. The minimum absolute atomic E-state index is 0.0589. The van der Waals surface area contributed by atoms with Gasteiger partial charge in [0, 0.05) is 18.1 Å². The third-order valence-electron chi connectivity index (χ3n) is 12.4. The molecule has 5 aliphatic carbocycles. The fourth-order valence-electron chi connectivity index (χ4n) is 10.8. The van der Waals surface area contributed by atoms with Gasteiger partial charge in [-0.25, -0.2) is 0 Å². The zero-order valence-electron chi connectivity index (χ0n) is 24.5. The van der Waals surface area contributed by atoms with Gasteiger partial charge in [0.15, 0.2) is 5.11 Å². The average Bonchev–Trinajstić information content (AvgIpc) is 3.03. The fourth-order valence-corrected chi connectivity index (χ4v) is 11.1. The van der Waals surface area contributed by atoms with Crippen molar-refractivity contribution in [2.24, 2.45) is 33.5 Å². The zero-order chi connectivity index (χ0) is 26.6. The lowest BCUT2D eigenvalue weighted by molar-refractivity contribution is -0.187. The molecule has 5 nitrogen and oxygen atoms in total. The minimum atomic E-state index is -0.323. The Labute approximate surface area is 231 Å². The van der Waals surface area contributed by atoms with Crippen molar-refractivity contribution in [1.82, 2.24) is 15.5 Å². The topological polar surface area (TPSA) is 53.6 Å². The number of thiocarbonyl (C=S) groups is 1. The summed E-state index contributed by atoms with van der Waals surface area (Å²) in [7, 11) is 4.41. The molecule has 0 aromatic rings. The van der Waals surface area contributed by atoms with E-state index in [9.17, 15) is 4.79 Å². The first-order valence-electron chi connectivity index (χ1n) is 15.4. The normalized spacial score (nSPS) is 47.1. The van der Waals surface area contributed by atoms with Crippen molar-refractivity contribution in [1.29, 1.82) is 0 Å². The Morgan fingerprint density at radius 2 is 1.68 bits per heavy atom. The van der Waals surface area contributed by atoms with Gasteiger partial charge in [-0.3, -0.25) is 4.79 Å². The molecule has 2 bridgehead atoms. The molecule has 0 aromatic carbocycles. The van der Waals surface area contributed by atoms with Crippen molar-refractivity contribution >= 4 is 23.3 Å². The summed E-state index contributed by atoms with van der Waals surface area (Å²) in [5.41, 5.74) is 0.595. The van der Waals surface area contributed by atoms with Crippen molar-refractivity contribution < 1.29 is 9.53 Å². The highest BCUT2D eigenvalue weighted by molar-refractivity contribution is 7.80. The van der Waals surface area contributed by atoms with Crippen LogP contribution in [0.4, 0.5) is 0 Å². The van der Waals surface area contributed by atoms with Gasteiger partial charge in [-0.2, -0.15) is 0 Å². The number of carbonyl (C=O) groups is 1. The van der Waals surface area contributed by atoms with E-state index < -0.39 is 0 Å². The van der Waals surface area contributed by atoms with E-state index in [0.717, 1.165) is 18.0 Å². The van der Waals surface area contributed by atoms with E-state index in [-0.39, 0.29) is 16.8 Å². The molecule has 0 heterocycles. The second-order valence-electron chi connectivity index (χ2n) is 14.7. The Hall–Kier alpha value is -0.880. The van der Waals surface area contributed by atoms with Gasteiger partial charge < -0.3 is 20.3 Å². The summed E-state index contributed by atoms with van der Waals surface area (Å²) in [5.74, 6) is 1.20. The molecule has 9 atom stereocenters. The van der Waals surface area contributed by atoms with Crippen LogP contribution in [-0.4, -0.2) is 54.8 Å². The highest BCUT2D eigenvalue weighted by Gasteiger charge is 2.68. The van der Waals surface area contributed by atoms with Crippen molar-refractivity contribution in [2.45, 2.75) is 129 Å². The highest BCUT2D eigenvalue weighted by atomic mass is 32.1. The van der Waals surface area contributed by atoms with E-state index >= 15 is 0 Å². The van der Waals surface area contributed by atoms with Gasteiger partial charge in [0.25, 0.3) is 0 Å². The summed E-state index contributed by atoms with van der Waals surface area (Å²) in [6, 6.07) is 1.45. The maximum atomic E-state index is 13.2. The molecule has 5 fully saturated rings. The number of nitrogens with one attached hydrogen (secondary N) is 2. The van der Waals surface area contributed by atoms with E-state index in [1.165, 1.54) is 70.6 Å². The first-order valence-corrected chi connectivity index (χ1v) is 15.8. The van der Waals surface area contributed by atoms with E-state index in [4.69, 9.17) is 17.0 Å². The van der Waals surface area contributed by atoms with Crippen LogP contribution in [0.25, 0.3) is 0 Å². The number of carbonyl (C=O) groups excluding carboxylic acids is 1. The summed E-state index contributed by atoms with van der Waals surface area (Å²) in [4.78, 5) is 15.6. The molecule has 1 spiro atoms. The van der Waals surface area contributed by atoms with Gasteiger partial charge >= 0.3 is 5.97 Å². The molecule has 0 aliphatic heterocycles. The monoisotopic (exact) mass is 531 g/mol. The molecule has 5 aliphatic rings. The third kappa shape index (κ3) is 4.54. The third-order valence-corrected chi connectivity index (χ3v) is 12.6. The number of rotatable bonds is 5. The largest absolute Gasteiger partial charge is 0.466 e. The van der Waals surface area contributed by atoms with Crippen LogP contribution in [0.15, 0.2) is 0 Å². The first-order chi connectivity index (χ1) is 17.5. The predicted octanol–water partition coefficient (Wildman–Crippen LogP) is 6.06. The molecule has 210 valence electrons. The van der Waals surface area contributed by atoms with Gasteiger partial charge in [0.1, 0.15) is 0 Å². The molecular formula is C31H53N3O2S. The summed E-state index contributed by atoms with van der Waals surface area (Å²) >= 11 is 5.97. The highest BCUT2D eigenvalue weighted by Crippen LogP contribution is 2.73. The number of hydrogen-bond acceptors (Lipinski definition) is 4. The maximum Gasteiger partial charge on any atom is 0.312 e. The van der Waals surface area contributed by atoms with Crippen LogP contribution in [0.2, 0.25) is 0 Å². The summed E-state index contributed by atoms with van der Waals surface area (Å²) in [5, 5.41) is 8.52. The molecule has 5 saturated carbocycles. The van der Waals surface area contributed by atoms with Gasteiger partial charge in [0.2, 0.25) is 0 Å². The zero-order valence-corrected chi connectivity index (χ0v) is 25.3. The number of likely N-dealkylation sites (N-methyl/N-ethyl adjacent to an activating group) is 1. The van der Waals surface area contributed by atoms with Crippen LogP contribution >= 0.6 is 12.2 Å². The van der Waals surface area contributed by atoms with E-state index in [1.54, 1.807) is 0 Å². The lowest BCUT2D eigenvalue weighted by atomic mass is 9.40. The van der Waals surface area contributed by atoms with Crippen LogP contribution in [-0.2, 0) is 9.53 Å². The maximum absolute atomic E-state index is 13.2. The van der Waals surface area contributed by atoms with Crippen molar-refractivity contribution in [3.8, 4) is 0 Å². The molecule has 0 unspecified atom stereocenters. The van der Waals surface area contributed by atoms with Crippen LogP contribution in [0.3, 0.4) is 0 Å². The van der Waals surface area contributed by atoms with Gasteiger partial charge in [-0.05, 0) is 132 Å². The molecule has 0 radical (unpaired) electrons. The lowest BCUT2D eigenvalue weighted by Gasteiger charge is -2.64. The van der Waals surface area contributed by atoms with Crippen LogP contribution in [0.1, 0.15) is 111 Å². The number of nitrogens with zero attached hydrogens (tertiary/aromatic N) is 1. The van der Waals surface area contributed by atoms with E-state index in [0.29, 0.717) is 47.4 Å². The molecule has 0 aromatic heterocycles. The van der Waals surface area contributed by atoms with Crippen LogP contribution in [0.5, 0.6) is 0 Å². The molecule has 6 heteroatoms. The molecule has 5 rings (SSSR count). The molecule has 0 amide bonds. The van der Waals surface area contributed by atoms with Crippen molar-refractivity contribution in [2.75, 3.05) is 20.7 Å². The number of fused-ring (bicyclic) bond motifs is 3. The van der Waals surface area contributed by atoms with E-state index in [1.807, 2.05) is 6.92 Å². The number of esters is 1. The molecule has 37 heavy (non-hydrogen) atoms. The lowest BCUT2D eigenvalue weighted by Crippen LogP contribution is -2.58. The summed E-state index contributed by atoms with van der Waals surface area (Å²) in [6.07, 6.45) is 16.0. The van der Waals surface area contributed by atoms with Crippen molar-refractivity contribution in [3.63, 3.8) is 0 Å². The Kier molecular flexibility index (Phi) is 7.44. The summed E-state index contributed by atoms with van der Waals surface area (Å²) in [6.45, 7) is 9.74. The Bertz CT molecular complexity index is 896. The molecular weight excluding hydrogens is 478 g/mol.